The van der Waals surface area contributed by atoms with Gasteiger partial charge in [-0.2, -0.15) is 0 Å². The second kappa shape index (κ2) is 9.15. The summed E-state index contributed by atoms with van der Waals surface area (Å²) in [7, 11) is 2.23. The maximum absolute atomic E-state index is 6.36. The highest BCUT2D eigenvalue weighted by molar-refractivity contribution is 5.02. The molecule has 126 valence electrons. The molecule has 0 N–H and O–H groups in total. The lowest BCUT2D eigenvalue weighted by Crippen LogP contribution is -2.62. The normalized spacial score (nSPS) is 26.1. The van der Waals surface area contributed by atoms with Gasteiger partial charge in [0.25, 0.3) is 0 Å². The second-order valence-corrected chi connectivity index (χ2v) is 7.64. The molecule has 1 aliphatic heterocycles. The number of likely N-dealkylation sites (N-methyl/N-ethyl adjacent to an activating group) is 1. The van der Waals surface area contributed by atoms with Crippen LogP contribution in [0.25, 0.3) is 0 Å². The molecule has 0 amide bonds. The Kier molecular flexibility index (Phi) is 8.26. The third-order valence-electron chi connectivity index (χ3n) is 5.81. The van der Waals surface area contributed by atoms with Gasteiger partial charge in [-0.05, 0) is 53.6 Å². The number of likely N-dealkylation sites (tertiary alicyclic amines) is 1. The molecule has 21 heavy (non-hydrogen) atoms. The zero-order chi connectivity index (χ0) is 15.8. The summed E-state index contributed by atoms with van der Waals surface area (Å²) in [5.41, 5.74) is 0.159. The van der Waals surface area contributed by atoms with Crippen molar-refractivity contribution in [3.63, 3.8) is 0 Å². The number of nitrogens with zero attached hydrogens (tertiary/aromatic N) is 1. The highest BCUT2D eigenvalue weighted by Gasteiger charge is 2.46. The molecule has 1 unspecified atom stereocenters. The minimum absolute atomic E-state index is 0.0150. The van der Waals surface area contributed by atoms with Crippen LogP contribution in [0, 0.1) is 0 Å². The number of unbranched alkanes of at least 4 members (excludes halogenated alkanes) is 7. The number of ether oxygens (including phenoxy) is 1. The molecule has 0 aromatic rings. The summed E-state index contributed by atoms with van der Waals surface area (Å²) in [6, 6.07) is 0. The van der Waals surface area contributed by atoms with Gasteiger partial charge in [0.15, 0.2) is 0 Å². The number of hydrogen-bond acceptors (Lipinski definition) is 2. The fraction of sp³-hybridized carbons (Fsp3) is 1.00. The van der Waals surface area contributed by atoms with Crippen molar-refractivity contribution in [1.29, 1.82) is 0 Å². The smallest absolute Gasteiger partial charge is 0.0832 e. The monoisotopic (exact) mass is 297 g/mol. The first-order valence-electron chi connectivity index (χ1n) is 9.29. The Bertz CT molecular complexity index is 277. The van der Waals surface area contributed by atoms with Crippen molar-refractivity contribution < 1.29 is 4.74 Å². The van der Waals surface area contributed by atoms with Crippen molar-refractivity contribution in [2.24, 2.45) is 0 Å². The van der Waals surface area contributed by atoms with Gasteiger partial charge in [-0.25, -0.2) is 0 Å². The van der Waals surface area contributed by atoms with Crippen LogP contribution in [0.4, 0.5) is 0 Å². The van der Waals surface area contributed by atoms with Gasteiger partial charge in [0.1, 0.15) is 0 Å². The minimum atomic E-state index is 0.0150. The molecule has 1 aliphatic rings. The van der Waals surface area contributed by atoms with E-state index in [2.05, 4.69) is 39.6 Å². The second-order valence-electron chi connectivity index (χ2n) is 7.64. The first kappa shape index (κ1) is 19.0. The van der Waals surface area contributed by atoms with E-state index in [9.17, 15) is 0 Å². The Morgan fingerprint density at radius 1 is 0.905 bits per heavy atom. The van der Waals surface area contributed by atoms with Crippen LogP contribution in [0.1, 0.15) is 91.9 Å². The average molecular weight is 298 g/mol. The molecule has 1 fully saturated rings. The fourth-order valence-corrected chi connectivity index (χ4v) is 3.42. The maximum Gasteiger partial charge on any atom is 0.0832 e. The van der Waals surface area contributed by atoms with Crippen LogP contribution in [0.5, 0.6) is 0 Å². The van der Waals surface area contributed by atoms with E-state index >= 15 is 0 Å². The Labute approximate surface area is 133 Å². The molecule has 1 atom stereocenters. The third kappa shape index (κ3) is 5.56. The molecule has 1 saturated heterocycles. The number of hydrogen-bond donors (Lipinski definition) is 0. The highest BCUT2D eigenvalue weighted by Crippen LogP contribution is 2.38. The highest BCUT2D eigenvalue weighted by atomic mass is 16.5. The van der Waals surface area contributed by atoms with Crippen LogP contribution in [0.2, 0.25) is 0 Å². The first-order chi connectivity index (χ1) is 9.94. The fourth-order valence-electron chi connectivity index (χ4n) is 3.42. The van der Waals surface area contributed by atoms with Gasteiger partial charge in [0.2, 0.25) is 0 Å². The van der Waals surface area contributed by atoms with Gasteiger partial charge >= 0.3 is 0 Å². The van der Waals surface area contributed by atoms with E-state index < -0.39 is 0 Å². The molecule has 2 heteroatoms. The summed E-state index contributed by atoms with van der Waals surface area (Å²) in [5.74, 6) is 0. The average Bonchev–Trinajstić information content (AvgIpc) is 2.44. The Balaban J connectivity index is 2.14. The van der Waals surface area contributed by atoms with Crippen LogP contribution in [0.15, 0.2) is 0 Å². The maximum atomic E-state index is 6.36. The Morgan fingerprint density at radius 2 is 1.48 bits per heavy atom. The molecule has 1 rings (SSSR count). The lowest BCUT2D eigenvalue weighted by molar-refractivity contribution is -0.149. The van der Waals surface area contributed by atoms with Crippen molar-refractivity contribution in [2.45, 2.75) is 103 Å². The number of piperidine rings is 1. The number of rotatable bonds is 10. The molecular formula is C19H39NO. The molecule has 0 radical (unpaired) electrons. The predicted molar refractivity (Wildman–Crippen MR) is 92.9 cm³/mol. The van der Waals surface area contributed by atoms with E-state index in [1.165, 1.54) is 70.8 Å². The van der Waals surface area contributed by atoms with Crippen LogP contribution < -0.4 is 0 Å². The van der Waals surface area contributed by atoms with Crippen LogP contribution >= 0.6 is 0 Å². The standard InChI is InChI=1S/C19H39NO/c1-6-7-8-9-10-11-12-13-17-21-19(4)15-14-16-20(5)18(19,2)3/h6-17H2,1-5H3. The first-order valence-corrected chi connectivity index (χ1v) is 9.29. The van der Waals surface area contributed by atoms with Crippen molar-refractivity contribution in [3.8, 4) is 0 Å². The molecule has 0 aromatic carbocycles. The van der Waals surface area contributed by atoms with E-state index in [-0.39, 0.29) is 11.1 Å². The largest absolute Gasteiger partial charge is 0.373 e. The summed E-state index contributed by atoms with van der Waals surface area (Å²) in [4.78, 5) is 2.46. The van der Waals surface area contributed by atoms with Gasteiger partial charge in [-0.15, -0.1) is 0 Å². The van der Waals surface area contributed by atoms with E-state index in [0.717, 1.165) is 6.61 Å². The zero-order valence-corrected chi connectivity index (χ0v) is 15.3. The molecule has 0 aliphatic carbocycles. The van der Waals surface area contributed by atoms with Gasteiger partial charge in [-0.3, -0.25) is 4.90 Å². The molecule has 0 saturated carbocycles. The Hall–Kier alpha value is -0.0800. The Morgan fingerprint density at radius 3 is 2.10 bits per heavy atom. The third-order valence-corrected chi connectivity index (χ3v) is 5.81. The lowest BCUT2D eigenvalue weighted by atomic mass is 9.76. The van der Waals surface area contributed by atoms with Gasteiger partial charge in [0, 0.05) is 12.1 Å². The van der Waals surface area contributed by atoms with Crippen LogP contribution in [-0.2, 0) is 4.74 Å². The summed E-state index contributed by atoms with van der Waals surface area (Å²) in [6.45, 7) is 11.4. The molecule has 2 nitrogen and oxygen atoms in total. The van der Waals surface area contributed by atoms with E-state index in [1.54, 1.807) is 0 Å². The van der Waals surface area contributed by atoms with E-state index in [1.807, 2.05) is 0 Å². The van der Waals surface area contributed by atoms with Gasteiger partial charge in [0.05, 0.1) is 5.60 Å². The quantitative estimate of drug-likeness (QED) is 0.500. The predicted octanol–water partition coefficient (Wildman–Crippen LogP) is 5.41. The SMILES string of the molecule is CCCCCCCCCCOC1(C)CCCN(C)C1(C)C. The zero-order valence-electron chi connectivity index (χ0n) is 15.3. The topological polar surface area (TPSA) is 12.5 Å². The summed E-state index contributed by atoms with van der Waals surface area (Å²) in [5, 5.41) is 0. The molecule has 0 aromatic heterocycles. The molecule has 1 heterocycles. The molecule has 0 spiro atoms. The van der Waals surface area contributed by atoms with Crippen molar-refractivity contribution >= 4 is 0 Å². The molecule has 0 bridgehead atoms. The van der Waals surface area contributed by atoms with E-state index in [0.29, 0.717) is 0 Å². The van der Waals surface area contributed by atoms with Gasteiger partial charge in [-0.1, -0.05) is 51.9 Å². The summed E-state index contributed by atoms with van der Waals surface area (Å²) in [6.07, 6.45) is 13.4. The van der Waals surface area contributed by atoms with Crippen molar-refractivity contribution in [2.75, 3.05) is 20.2 Å². The minimum Gasteiger partial charge on any atom is -0.373 e. The van der Waals surface area contributed by atoms with Crippen molar-refractivity contribution in [1.82, 2.24) is 4.90 Å². The van der Waals surface area contributed by atoms with Crippen molar-refractivity contribution in [3.05, 3.63) is 0 Å². The summed E-state index contributed by atoms with van der Waals surface area (Å²) >= 11 is 0. The molecular weight excluding hydrogens is 258 g/mol. The van der Waals surface area contributed by atoms with Crippen LogP contribution in [-0.4, -0.2) is 36.2 Å². The van der Waals surface area contributed by atoms with E-state index in [4.69, 9.17) is 4.74 Å². The van der Waals surface area contributed by atoms with Gasteiger partial charge < -0.3 is 4.74 Å². The van der Waals surface area contributed by atoms with Crippen LogP contribution in [0.3, 0.4) is 0 Å². The summed E-state index contributed by atoms with van der Waals surface area (Å²) < 4.78 is 6.36. The lowest BCUT2D eigenvalue weighted by Gasteiger charge is -2.53.